The van der Waals surface area contributed by atoms with Crippen molar-refractivity contribution in [1.29, 1.82) is 0 Å². The minimum absolute atomic E-state index is 0.0186. The molecular formula is C10H10O2. The fourth-order valence-corrected chi connectivity index (χ4v) is 0.897. The van der Waals surface area contributed by atoms with Crippen molar-refractivity contribution in [3.63, 3.8) is 0 Å². The number of Topliss-reactive ketones (excluding diaryl/α,β-unsaturated/α-hetero) is 1. The van der Waals surface area contributed by atoms with Crippen LogP contribution >= 0.6 is 0 Å². The van der Waals surface area contributed by atoms with Gasteiger partial charge in [0, 0.05) is 11.1 Å². The lowest BCUT2D eigenvalue weighted by Gasteiger charge is -1.98. The molecule has 2 heteroatoms. The highest BCUT2D eigenvalue weighted by Crippen LogP contribution is 2.10. The Morgan fingerprint density at radius 1 is 1.25 bits per heavy atom. The highest BCUT2D eigenvalue weighted by molar-refractivity contribution is 5.94. The lowest BCUT2D eigenvalue weighted by Crippen LogP contribution is -1.91. The van der Waals surface area contributed by atoms with Gasteiger partial charge in [0.1, 0.15) is 5.76 Å². The molecule has 1 rings (SSSR count). The fraction of sp³-hybridized carbons (Fsp3) is 0.100. The van der Waals surface area contributed by atoms with Crippen LogP contribution in [-0.2, 0) is 0 Å². The summed E-state index contributed by atoms with van der Waals surface area (Å²) >= 11 is 0. The molecule has 1 N–H and O–H groups in total. The van der Waals surface area contributed by atoms with Crippen LogP contribution in [-0.4, -0.2) is 10.9 Å². The third-order valence-corrected chi connectivity index (χ3v) is 1.62. The second kappa shape index (κ2) is 3.22. The van der Waals surface area contributed by atoms with E-state index in [1.54, 1.807) is 24.3 Å². The molecule has 62 valence electrons. The van der Waals surface area contributed by atoms with Crippen LogP contribution in [0, 0.1) is 0 Å². The minimum atomic E-state index is 0.0186. The predicted molar refractivity (Wildman–Crippen MR) is 48.1 cm³/mol. The number of rotatable bonds is 2. The summed E-state index contributed by atoms with van der Waals surface area (Å²) in [5, 5.41) is 8.97. The Balaban J connectivity index is 3.01. The third-order valence-electron chi connectivity index (χ3n) is 1.62. The van der Waals surface area contributed by atoms with E-state index in [0.29, 0.717) is 11.1 Å². The van der Waals surface area contributed by atoms with Gasteiger partial charge in [0.15, 0.2) is 5.78 Å². The Morgan fingerprint density at radius 2 is 1.67 bits per heavy atom. The number of hydrogen-bond donors (Lipinski definition) is 1. The number of carbonyl (C=O) groups excluding carboxylic acids is 1. The van der Waals surface area contributed by atoms with E-state index in [1.165, 1.54) is 6.92 Å². The molecule has 0 aliphatic heterocycles. The minimum Gasteiger partial charge on any atom is -0.508 e. The maximum Gasteiger partial charge on any atom is 0.159 e. The summed E-state index contributed by atoms with van der Waals surface area (Å²) in [7, 11) is 0. The number of aliphatic hydroxyl groups is 1. The SMILES string of the molecule is C=C(O)c1ccc(C(C)=O)cc1. The first-order chi connectivity index (χ1) is 5.61. The second-order valence-corrected chi connectivity index (χ2v) is 2.58. The van der Waals surface area contributed by atoms with Gasteiger partial charge < -0.3 is 5.11 Å². The van der Waals surface area contributed by atoms with Gasteiger partial charge in [-0.15, -0.1) is 0 Å². The van der Waals surface area contributed by atoms with Gasteiger partial charge in [-0.2, -0.15) is 0 Å². The molecule has 0 saturated heterocycles. The van der Waals surface area contributed by atoms with Crippen LogP contribution in [0.2, 0.25) is 0 Å². The van der Waals surface area contributed by atoms with E-state index in [9.17, 15) is 4.79 Å². The maximum absolute atomic E-state index is 10.8. The molecule has 0 fully saturated rings. The fourth-order valence-electron chi connectivity index (χ4n) is 0.897. The lowest BCUT2D eigenvalue weighted by atomic mass is 10.1. The molecule has 12 heavy (non-hydrogen) atoms. The Kier molecular flexibility index (Phi) is 2.29. The van der Waals surface area contributed by atoms with Gasteiger partial charge in [0.05, 0.1) is 0 Å². The highest BCUT2D eigenvalue weighted by Gasteiger charge is 1.99. The van der Waals surface area contributed by atoms with Gasteiger partial charge in [0.2, 0.25) is 0 Å². The molecule has 2 nitrogen and oxygen atoms in total. The summed E-state index contributed by atoms with van der Waals surface area (Å²) in [6, 6.07) is 6.66. The largest absolute Gasteiger partial charge is 0.508 e. The van der Waals surface area contributed by atoms with E-state index in [2.05, 4.69) is 6.58 Å². The van der Waals surface area contributed by atoms with Crippen LogP contribution in [0.4, 0.5) is 0 Å². The van der Waals surface area contributed by atoms with E-state index in [1.807, 2.05) is 0 Å². The molecule has 0 heterocycles. The molecule has 0 saturated carbocycles. The number of aliphatic hydroxyl groups excluding tert-OH is 1. The molecule has 0 atom stereocenters. The molecule has 0 radical (unpaired) electrons. The third kappa shape index (κ3) is 1.72. The Morgan fingerprint density at radius 3 is 2.00 bits per heavy atom. The van der Waals surface area contributed by atoms with Crippen molar-refractivity contribution in [2.75, 3.05) is 0 Å². The molecule has 0 aromatic heterocycles. The Hall–Kier alpha value is -1.57. The molecule has 0 amide bonds. The zero-order valence-corrected chi connectivity index (χ0v) is 6.87. The number of hydrogen-bond acceptors (Lipinski definition) is 2. The van der Waals surface area contributed by atoms with Crippen LogP contribution in [0.5, 0.6) is 0 Å². The lowest BCUT2D eigenvalue weighted by molar-refractivity contribution is 0.101. The van der Waals surface area contributed by atoms with E-state index in [0.717, 1.165) is 0 Å². The topological polar surface area (TPSA) is 37.3 Å². The number of carbonyl (C=O) groups is 1. The summed E-state index contributed by atoms with van der Waals surface area (Å²) in [5.74, 6) is 0.0372. The Bertz CT molecular complexity index is 276. The van der Waals surface area contributed by atoms with Crippen molar-refractivity contribution in [1.82, 2.24) is 0 Å². The first-order valence-corrected chi connectivity index (χ1v) is 3.60. The summed E-state index contributed by atoms with van der Waals surface area (Å²) in [6.07, 6.45) is 0. The van der Waals surface area contributed by atoms with Crippen LogP contribution in [0.3, 0.4) is 0 Å². The molecule has 0 aliphatic rings. The van der Waals surface area contributed by atoms with E-state index >= 15 is 0 Å². The summed E-state index contributed by atoms with van der Waals surface area (Å²) in [4.78, 5) is 10.8. The van der Waals surface area contributed by atoms with Crippen LogP contribution in [0.25, 0.3) is 5.76 Å². The van der Waals surface area contributed by atoms with Gasteiger partial charge in [-0.05, 0) is 6.92 Å². The van der Waals surface area contributed by atoms with Crippen molar-refractivity contribution in [3.8, 4) is 0 Å². The van der Waals surface area contributed by atoms with Crippen molar-refractivity contribution >= 4 is 11.5 Å². The van der Waals surface area contributed by atoms with Crippen molar-refractivity contribution < 1.29 is 9.90 Å². The van der Waals surface area contributed by atoms with Crippen LogP contribution < -0.4 is 0 Å². The molecule has 0 aliphatic carbocycles. The van der Waals surface area contributed by atoms with Crippen LogP contribution in [0.1, 0.15) is 22.8 Å². The highest BCUT2D eigenvalue weighted by atomic mass is 16.3. The van der Waals surface area contributed by atoms with E-state index in [-0.39, 0.29) is 11.5 Å². The maximum atomic E-state index is 10.8. The zero-order chi connectivity index (χ0) is 9.14. The molecule has 0 unspecified atom stereocenters. The van der Waals surface area contributed by atoms with Gasteiger partial charge >= 0.3 is 0 Å². The van der Waals surface area contributed by atoms with Gasteiger partial charge in [0.25, 0.3) is 0 Å². The quantitative estimate of drug-likeness (QED) is 0.535. The van der Waals surface area contributed by atoms with Gasteiger partial charge in [-0.25, -0.2) is 0 Å². The molecule has 0 spiro atoms. The monoisotopic (exact) mass is 162 g/mol. The van der Waals surface area contributed by atoms with E-state index < -0.39 is 0 Å². The summed E-state index contributed by atoms with van der Waals surface area (Å²) in [5.41, 5.74) is 1.28. The summed E-state index contributed by atoms with van der Waals surface area (Å²) < 4.78 is 0. The van der Waals surface area contributed by atoms with Crippen molar-refractivity contribution in [2.45, 2.75) is 6.92 Å². The van der Waals surface area contributed by atoms with Gasteiger partial charge in [-0.1, -0.05) is 30.8 Å². The number of benzene rings is 1. The Labute approximate surface area is 71.2 Å². The first kappa shape index (κ1) is 8.53. The van der Waals surface area contributed by atoms with E-state index in [4.69, 9.17) is 5.11 Å². The number of ketones is 1. The van der Waals surface area contributed by atoms with Gasteiger partial charge in [-0.3, -0.25) is 4.79 Å². The zero-order valence-electron chi connectivity index (χ0n) is 6.87. The predicted octanol–water partition coefficient (Wildman–Crippen LogP) is 2.42. The van der Waals surface area contributed by atoms with Crippen molar-refractivity contribution in [2.24, 2.45) is 0 Å². The molecule has 1 aromatic carbocycles. The second-order valence-electron chi connectivity index (χ2n) is 2.58. The van der Waals surface area contributed by atoms with Crippen molar-refractivity contribution in [3.05, 3.63) is 42.0 Å². The first-order valence-electron chi connectivity index (χ1n) is 3.60. The average molecular weight is 162 g/mol. The normalized spacial score (nSPS) is 9.42. The van der Waals surface area contributed by atoms with Crippen LogP contribution in [0.15, 0.2) is 30.8 Å². The smallest absolute Gasteiger partial charge is 0.159 e. The standard InChI is InChI=1S/C10H10O2/c1-7(11)9-3-5-10(6-4-9)8(2)12/h3-6,11H,1H2,2H3. The average Bonchev–Trinajstić information content (AvgIpc) is 2.04. The molecule has 0 bridgehead atoms. The summed E-state index contributed by atoms with van der Waals surface area (Å²) in [6.45, 7) is 4.87. The molecule has 1 aromatic rings. The molecular weight excluding hydrogens is 152 g/mol.